The van der Waals surface area contributed by atoms with Gasteiger partial charge in [-0.1, -0.05) is 24.0 Å². The number of ether oxygens (including phenoxy) is 2. The molecule has 0 atom stereocenters. The Kier molecular flexibility index (Phi) is 5.76. The highest BCUT2D eigenvalue weighted by molar-refractivity contribution is 5.63. The van der Waals surface area contributed by atoms with Crippen LogP contribution in [0, 0.1) is 11.8 Å². The Morgan fingerprint density at radius 3 is 2.32 bits per heavy atom. The van der Waals surface area contributed by atoms with Gasteiger partial charge in [0.05, 0.1) is 6.61 Å². The Balaban J connectivity index is 1.67. The molecule has 0 unspecified atom stereocenters. The van der Waals surface area contributed by atoms with E-state index in [0.29, 0.717) is 19.1 Å². The summed E-state index contributed by atoms with van der Waals surface area (Å²) in [5, 5.41) is 0. The van der Waals surface area contributed by atoms with Crippen LogP contribution in [0.3, 0.4) is 0 Å². The molecule has 0 amide bonds. The van der Waals surface area contributed by atoms with Crippen LogP contribution in [0.4, 0.5) is 0 Å². The lowest BCUT2D eigenvalue weighted by atomic mass is 10.1. The minimum Gasteiger partial charge on any atom is -0.475 e. The number of pyridine rings is 2. The third-order valence-electron chi connectivity index (χ3n) is 3.50. The van der Waals surface area contributed by atoms with Gasteiger partial charge in [-0.2, -0.15) is 0 Å². The van der Waals surface area contributed by atoms with E-state index in [1.54, 1.807) is 25.7 Å². The van der Waals surface area contributed by atoms with E-state index in [2.05, 4.69) is 21.8 Å². The van der Waals surface area contributed by atoms with E-state index in [4.69, 9.17) is 9.47 Å². The molecule has 1 aromatic carbocycles. The van der Waals surface area contributed by atoms with Crippen LogP contribution in [0.15, 0.2) is 67.1 Å². The first kappa shape index (κ1) is 16.7. The highest BCUT2D eigenvalue weighted by atomic mass is 16.5. The van der Waals surface area contributed by atoms with Crippen molar-refractivity contribution in [3.8, 4) is 28.8 Å². The van der Waals surface area contributed by atoms with Crippen LogP contribution in [0.1, 0.15) is 11.1 Å². The summed E-state index contributed by atoms with van der Waals surface area (Å²) in [5.41, 5.74) is 3.98. The molecule has 0 saturated heterocycles. The van der Waals surface area contributed by atoms with Crippen molar-refractivity contribution in [2.24, 2.45) is 0 Å². The molecule has 3 rings (SSSR count). The zero-order valence-corrected chi connectivity index (χ0v) is 14.0. The van der Waals surface area contributed by atoms with Gasteiger partial charge in [-0.15, -0.1) is 0 Å². The van der Waals surface area contributed by atoms with Crippen LogP contribution in [0.25, 0.3) is 11.1 Å². The van der Waals surface area contributed by atoms with E-state index in [1.165, 1.54) is 0 Å². The van der Waals surface area contributed by atoms with Gasteiger partial charge in [0.25, 0.3) is 0 Å². The van der Waals surface area contributed by atoms with Gasteiger partial charge in [0, 0.05) is 48.5 Å². The number of aromatic nitrogens is 2. The van der Waals surface area contributed by atoms with Crippen LogP contribution in [-0.4, -0.2) is 30.3 Å². The Labute approximate surface area is 147 Å². The molecule has 3 aromatic rings. The molecule has 0 bridgehead atoms. The Hall–Kier alpha value is -3.16. The minimum absolute atomic E-state index is 0.493. The van der Waals surface area contributed by atoms with Gasteiger partial charge in [0.1, 0.15) is 6.61 Å². The highest BCUT2D eigenvalue weighted by Gasteiger charge is 2.00. The van der Waals surface area contributed by atoms with Crippen molar-refractivity contribution in [2.45, 2.75) is 0 Å². The van der Waals surface area contributed by atoms with Crippen molar-refractivity contribution in [3.05, 3.63) is 78.2 Å². The number of rotatable bonds is 5. The number of nitrogens with zero attached hydrogens (tertiary/aromatic N) is 2. The molecule has 0 spiro atoms. The first-order valence-electron chi connectivity index (χ1n) is 7.95. The quantitative estimate of drug-likeness (QED) is 0.530. The van der Waals surface area contributed by atoms with Crippen molar-refractivity contribution in [2.75, 3.05) is 20.3 Å². The van der Waals surface area contributed by atoms with Gasteiger partial charge < -0.3 is 9.47 Å². The third-order valence-corrected chi connectivity index (χ3v) is 3.50. The second-order valence-corrected chi connectivity index (χ2v) is 5.30. The average molecular weight is 330 g/mol. The van der Waals surface area contributed by atoms with Crippen molar-refractivity contribution in [1.82, 2.24) is 9.97 Å². The Morgan fingerprint density at radius 1 is 0.840 bits per heavy atom. The van der Waals surface area contributed by atoms with Crippen LogP contribution >= 0.6 is 0 Å². The van der Waals surface area contributed by atoms with E-state index in [0.717, 1.165) is 22.3 Å². The van der Waals surface area contributed by atoms with E-state index in [9.17, 15) is 0 Å². The first-order chi connectivity index (χ1) is 12.3. The molecule has 2 aromatic heterocycles. The topological polar surface area (TPSA) is 44.2 Å². The maximum Gasteiger partial charge on any atom is 0.213 e. The third kappa shape index (κ3) is 4.90. The van der Waals surface area contributed by atoms with Gasteiger partial charge in [-0.05, 0) is 35.9 Å². The fraction of sp³-hybridized carbons (Fsp3) is 0.143. The summed E-state index contributed by atoms with van der Waals surface area (Å²) in [6, 6.07) is 15.8. The Bertz CT molecular complexity index is 848. The molecule has 0 aliphatic heterocycles. The number of hydrogen-bond acceptors (Lipinski definition) is 4. The van der Waals surface area contributed by atoms with Gasteiger partial charge >= 0.3 is 0 Å². The SMILES string of the molecule is COCCOc1ccc(-c2ccc(C#Cc3cccnc3)cc2)cn1. The molecule has 0 radical (unpaired) electrons. The molecular weight excluding hydrogens is 312 g/mol. The molecule has 4 heteroatoms. The first-order valence-corrected chi connectivity index (χ1v) is 7.95. The summed E-state index contributed by atoms with van der Waals surface area (Å²) in [7, 11) is 1.64. The molecule has 0 aliphatic rings. The van der Waals surface area contributed by atoms with Crippen LogP contribution in [0.5, 0.6) is 5.88 Å². The zero-order chi connectivity index (χ0) is 17.3. The van der Waals surface area contributed by atoms with Crippen molar-refractivity contribution in [3.63, 3.8) is 0 Å². The Morgan fingerprint density at radius 2 is 1.64 bits per heavy atom. The number of hydrogen-bond donors (Lipinski definition) is 0. The van der Waals surface area contributed by atoms with E-state index in [1.807, 2.05) is 48.5 Å². The van der Waals surface area contributed by atoms with Gasteiger partial charge in [-0.3, -0.25) is 4.98 Å². The van der Waals surface area contributed by atoms with E-state index >= 15 is 0 Å². The lowest BCUT2D eigenvalue weighted by Gasteiger charge is -2.06. The molecule has 25 heavy (non-hydrogen) atoms. The van der Waals surface area contributed by atoms with E-state index in [-0.39, 0.29) is 0 Å². The molecule has 124 valence electrons. The number of methoxy groups -OCH3 is 1. The van der Waals surface area contributed by atoms with Crippen molar-refractivity contribution >= 4 is 0 Å². The fourth-order valence-electron chi connectivity index (χ4n) is 2.19. The summed E-state index contributed by atoms with van der Waals surface area (Å²) in [5.74, 6) is 6.84. The molecule has 0 aliphatic carbocycles. The largest absolute Gasteiger partial charge is 0.475 e. The summed E-state index contributed by atoms with van der Waals surface area (Å²) in [6.45, 7) is 1.04. The lowest BCUT2D eigenvalue weighted by Crippen LogP contribution is -2.05. The molecule has 2 heterocycles. The monoisotopic (exact) mass is 330 g/mol. The van der Waals surface area contributed by atoms with E-state index < -0.39 is 0 Å². The summed E-state index contributed by atoms with van der Waals surface area (Å²) >= 11 is 0. The predicted octanol–water partition coefficient (Wildman–Crippen LogP) is 3.57. The van der Waals surface area contributed by atoms with Crippen molar-refractivity contribution in [1.29, 1.82) is 0 Å². The zero-order valence-electron chi connectivity index (χ0n) is 14.0. The molecular formula is C21H18N2O2. The van der Waals surface area contributed by atoms with Crippen LogP contribution in [-0.2, 0) is 4.74 Å². The lowest BCUT2D eigenvalue weighted by molar-refractivity contribution is 0.144. The van der Waals surface area contributed by atoms with Gasteiger partial charge in [0.15, 0.2) is 0 Å². The van der Waals surface area contributed by atoms with Crippen molar-refractivity contribution < 1.29 is 9.47 Å². The predicted molar refractivity (Wildman–Crippen MR) is 97.3 cm³/mol. The molecule has 4 nitrogen and oxygen atoms in total. The van der Waals surface area contributed by atoms with Crippen LogP contribution < -0.4 is 4.74 Å². The average Bonchev–Trinajstić information content (AvgIpc) is 2.68. The second kappa shape index (κ2) is 8.62. The molecule has 0 fully saturated rings. The second-order valence-electron chi connectivity index (χ2n) is 5.30. The maximum absolute atomic E-state index is 5.47. The normalized spacial score (nSPS) is 9.96. The smallest absolute Gasteiger partial charge is 0.213 e. The number of benzene rings is 1. The summed E-state index contributed by atoms with van der Waals surface area (Å²) < 4.78 is 10.4. The highest BCUT2D eigenvalue weighted by Crippen LogP contribution is 2.20. The standard InChI is InChI=1S/C21H18N2O2/c1-24-13-14-25-21-11-10-20(16-23-21)19-8-6-17(7-9-19)4-5-18-3-2-12-22-15-18/h2-3,6-12,15-16H,13-14H2,1H3. The minimum atomic E-state index is 0.493. The van der Waals surface area contributed by atoms with Gasteiger partial charge in [0.2, 0.25) is 5.88 Å². The summed E-state index contributed by atoms with van der Waals surface area (Å²) in [6.07, 6.45) is 5.30. The van der Waals surface area contributed by atoms with Crippen LogP contribution in [0.2, 0.25) is 0 Å². The molecule has 0 saturated carbocycles. The molecule has 0 N–H and O–H groups in total. The van der Waals surface area contributed by atoms with Gasteiger partial charge in [-0.25, -0.2) is 4.98 Å². The fourth-order valence-corrected chi connectivity index (χ4v) is 2.19. The summed E-state index contributed by atoms with van der Waals surface area (Å²) in [4.78, 5) is 8.37. The maximum atomic E-state index is 5.47.